The second kappa shape index (κ2) is 9.24. The van der Waals surface area contributed by atoms with Crippen LogP contribution in [-0.4, -0.2) is 17.0 Å². The van der Waals surface area contributed by atoms with E-state index in [1.165, 1.54) is 11.3 Å². The zero-order chi connectivity index (χ0) is 20.9. The molecule has 0 aliphatic carbocycles. The molecule has 0 saturated carbocycles. The largest absolute Gasteiger partial charge is 0.481 e. The van der Waals surface area contributed by atoms with Gasteiger partial charge in [-0.25, -0.2) is 4.98 Å². The van der Waals surface area contributed by atoms with Crippen LogP contribution in [0.25, 0.3) is 22.4 Å². The highest BCUT2D eigenvalue weighted by atomic mass is 79.9. The topological polar surface area (TPSA) is 51.2 Å². The van der Waals surface area contributed by atoms with Crippen LogP contribution in [0.5, 0.6) is 5.75 Å². The highest BCUT2D eigenvalue weighted by Crippen LogP contribution is 2.27. The predicted molar refractivity (Wildman–Crippen MR) is 126 cm³/mol. The van der Waals surface area contributed by atoms with Crippen molar-refractivity contribution in [2.24, 2.45) is 0 Å². The molecule has 1 aromatic heterocycles. The van der Waals surface area contributed by atoms with E-state index in [-0.39, 0.29) is 5.91 Å². The maximum Gasteiger partial charge on any atom is 0.266 e. The molecule has 1 N–H and O–H groups in total. The molecule has 0 fully saturated rings. The fourth-order valence-corrected chi connectivity index (χ4v) is 3.89. The monoisotopic (exact) mass is 478 g/mol. The van der Waals surface area contributed by atoms with E-state index in [1.807, 2.05) is 72.1 Å². The molecular formula is C24H19BrN2O2S. The molecule has 1 atom stereocenters. The first-order valence-corrected chi connectivity index (χ1v) is 11.1. The Bertz CT molecular complexity index is 1130. The summed E-state index contributed by atoms with van der Waals surface area (Å²) < 4.78 is 6.82. The molecule has 4 rings (SSSR count). The van der Waals surface area contributed by atoms with Crippen LogP contribution in [0.3, 0.4) is 0 Å². The maximum atomic E-state index is 12.5. The third-order valence-corrected chi connectivity index (χ3v) is 5.80. The molecule has 150 valence electrons. The number of amides is 1. The molecule has 6 heteroatoms. The van der Waals surface area contributed by atoms with Gasteiger partial charge >= 0.3 is 0 Å². The number of nitrogens with one attached hydrogen (secondary N) is 1. The van der Waals surface area contributed by atoms with Crippen molar-refractivity contribution in [3.63, 3.8) is 0 Å². The summed E-state index contributed by atoms with van der Waals surface area (Å²) in [7, 11) is 0. The Morgan fingerprint density at radius 3 is 2.27 bits per heavy atom. The number of rotatable bonds is 6. The van der Waals surface area contributed by atoms with Crippen LogP contribution >= 0.6 is 27.3 Å². The van der Waals surface area contributed by atoms with Crippen LogP contribution in [-0.2, 0) is 4.79 Å². The number of carbonyl (C=O) groups excluding carboxylic acids is 1. The molecule has 3 aromatic carbocycles. The number of halogens is 1. The summed E-state index contributed by atoms with van der Waals surface area (Å²) >= 11 is 4.82. The van der Waals surface area contributed by atoms with E-state index < -0.39 is 6.10 Å². The lowest BCUT2D eigenvalue weighted by molar-refractivity contribution is -0.122. The number of aromatic nitrogens is 1. The van der Waals surface area contributed by atoms with Gasteiger partial charge in [-0.15, -0.1) is 11.3 Å². The van der Waals surface area contributed by atoms with Gasteiger partial charge in [0.2, 0.25) is 0 Å². The molecule has 0 aliphatic rings. The van der Waals surface area contributed by atoms with Crippen LogP contribution in [0.4, 0.5) is 5.13 Å². The van der Waals surface area contributed by atoms with Crippen molar-refractivity contribution in [2.45, 2.75) is 13.0 Å². The molecule has 1 unspecified atom stereocenters. The van der Waals surface area contributed by atoms with E-state index in [0.717, 1.165) is 26.9 Å². The van der Waals surface area contributed by atoms with Crippen molar-refractivity contribution in [2.75, 3.05) is 5.32 Å². The summed E-state index contributed by atoms with van der Waals surface area (Å²) in [5.74, 6) is 0.408. The quantitative estimate of drug-likeness (QED) is 0.337. The number of nitrogens with zero attached hydrogens (tertiary/aromatic N) is 1. The molecule has 1 heterocycles. The lowest BCUT2D eigenvalue weighted by Crippen LogP contribution is -2.30. The summed E-state index contributed by atoms with van der Waals surface area (Å²) in [6, 6.07) is 25.7. The average molecular weight is 479 g/mol. The van der Waals surface area contributed by atoms with Crippen molar-refractivity contribution in [1.82, 2.24) is 4.98 Å². The van der Waals surface area contributed by atoms with Crippen molar-refractivity contribution in [3.05, 3.63) is 88.7 Å². The third kappa shape index (κ3) is 4.96. The van der Waals surface area contributed by atoms with Crippen LogP contribution in [0.2, 0.25) is 0 Å². The van der Waals surface area contributed by atoms with Crippen LogP contribution in [0.1, 0.15) is 6.92 Å². The summed E-state index contributed by atoms with van der Waals surface area (Å²) in [6.45, 7) is 1.73. The lowest BCUT2D eigenvalue weighted by Gasteiger charge is -2.14. The second-order valence-electron chi connectivity index (χ2n) is 6.68. The number of anilines is 1. The molecule has 0 spiro atoms. The molecule has 30 heavy (non-hydrogen) atoms. The summed E-state index contributed by atoms with van der Waals surface area (Å²) in [4.78, 5) is 17.0. The number of carbonyl (C=O) groups is 1. The number of ether oxygens (including phenoxy) is 1. The van der Waals surface area contributed by atoms with E-state index >= 15 is 0 Å². The summed E-state index contributed by atoms with van der Waals surface area (Å²) in [6.07, 6.45) is -0.646. The molecule has 4 aromatic rings. The van der Waals surface area contributed by atoms with Gasteiger partial charge < -0.3 is 4.74 Å². The van der Waals surface area contributed by atoms with Crippen LogP contribution in [0.15, 0.2) is 88.7 Å². The number of thiazole rings is 1. The molecule has 0 radical (unpaired) electrons. The Balaban J connectivity index is 1.37. The van der Waals surface area contributed by atoms with E-state index in [0.29, 0.717) is 10.9 Å². The van der Waals surface area contributed by atoms with E-state index in [9.17, 15) is 4.79 Å². The van der Waals surface area contributed by atoms with Gasteiger partial charge in [-0.3, -0.25) is 10.1 Å². The third-order valence-electron chi connectivity index (χ3n) is 4.52. The van der Waals surface area contributed by atoms with Crippen molar-refractivity contribution in [1.29, 1.82) is 0 Å². The minimum Gasteiger partial charge on any atom is -0.481 e. The predicted octanol–water partition coefficient (Wildman–Crippen LogP) is 6.65. The van der Waals surface area contributed by atoms with Gasteiger partial charge in [0, 0.05) is 15.4 Å². The van der Waals surface area contributed by atoms with Crippen LogP contribution < -0.4 is 10.1 Å². The van der Waals surface area contributed by atoms with Crippen LogP contribution in [0, 0.1) is 0 Å². The standard InChI is InChI=1S/C24H19BrN2O2S/c1-16(29-21-13-9-18(10-14-21)17-5-3-2-4-6-17)23(28)27-24-26-22(15-30-24)19-7-11-20(25)12-8-19/h2-16H,1H3,(H,26,27,28). The number of hydrogen-bond acceptors (Lipinski definition) is 4. The summed E-state index contributed by atoms with van der Waals surface area (Å²) in [5, 5.41) is 5.31. The Labute approximate surface area is 187 Å². The van der Waals surface area contributed by atoms with Crippen molar-refractivity contribution in [3.8, 4) is 28.1 Å². The molecule has 0 aliphatic heterocycles. The average Bonchev–Trinajstić information content (AvgIpc) is 3.24. The SMILES string of the molecule is CC(Oc1ccc(-c2ccccc2)cc1)C(=O)Nc1nc(-c2ccc(Br)cc2)cs1. The highest BCUT2D eigenvalue weighted by Gasteiger charge is 2.17. The Morgan fingerprint density at radius 1 is 0.933 bits per heavy atom. The molecule has 1 amide bonds. The number of hydrogen-bond donors (Lipinski definition) is 1. The molecule has 4 nitrogen and oxygen atoms in total. The van der Waals surface area contributed by atoms with Gasteiger partial charge in [0.05, 0.1) is 5.69 Å². The molecule has 0 saturated heterocycles. The molecular weight excluding hydrogens is 460 g/mol. The minimum absolute atomic E-state index is 0.237. The van der Waals surface area contributed by atoms with Crippen molar-refractivity contribution >= 4 is 38.3 Å². The van der Waals surface area contributed by atoms with E-state index in [2.05, 4.69) is 38.4 Å². The van der Waals surface area contributed by atoms with Gasteiger partial charge in [-0.05, 0) is 42.3 Å². The molecule has 0 bridgehead atoms. The van der Waals surface area contributed by atoms with Gasteiger partial charge in [0.15, 0.2) is 11.2 Å². The second-order valence-corrected chi connectivity index (χ2v) is 8.46. The van der Waals surface area contributed by atoms with Gasteiger partial charge in [0.1, 0.15) is 5.75 Å². The van der Waals surface area contributed by atoms with Crippen molar-refractivity contribution < 1.29 is 9.53 Å². The fraction of sp³-hybridized carbons (Fsp3) is 0.0833. The van der Waals surface area contributed by atoms with E-state index in [1.54, 1.807) is 6.92 Å². The van der Waals surface area contributed by atoms with Gasteiger partial charge in [0.25, 0.3) is 5.91 Å². The first-order chi connectivity index (χ1) is 14.6. The normalized spacial score (nSPS) is 11.7. The zero-order valence-corrected chi connectivity index (χ0v) is 18.6. The first-order valence-electron chi connectivity index (χ1n) is 9.43. The minimum atomic E-state index is -0.646. The zero-order valence-electron chi connectivity index (χ0n) is 16.2. The Morgan fingerprint density at radius 2 is 1.57 bits per heavy atom. The smallest absolute Gasteiger partial charge is 0.266 e. The summed E-state index contributed by atoms with van der Waals surface area (Å²) in [5.41, 5.74) is 4.06. The first kappa shape index (κ1) is 20.3. The highest BCUT2D eigenvalue weighted by molar-refractivity contribution is 9.10. The fourth-order valence-electron chi connectivity index (χ4n) is 2.91. The Kier molecular flexibility index (Phi) is 6.26. The van der Waals surface area contributed by atoms with Gasteiger partial charge in [-0.1, -0.05) is 70.5 Å². The Hall–Kier alpha value is -2.96. The number of benzene rings is 3. The lowest BCUT2D eigenvalue weighted by atomic mass is 10.1. The van der Waals surface area contributed by atoms with E-state index in [4.69, 9.17) is 4.74 Å². The maximum absolute atomic E-state index is 12.5. The van der Waals surface area contributed by atoms with Gasteiger partial charge in [-0.2, -0.15) is 0 Å².